The molecule has 2 N–H and O–H groups in total. The second-order valence-corrected chi connectivity index (χ2v) is 7.09. The first-order chi connectivity index (χ1) is 9.43. The first kappa shape index (κ1) is 15.4. The van der Waals surface area contributed by atoms with E-state index in [2.05, 4.69) is 0 Å². The minimum Gasteiger partial charge on any atom is -0.389 e. The molecule has 0 radical (unpaired) electrons. The van der Waals surface area contributed by atoms with Crippen LogP contribution in [-0.4, -0.2) is 44.0 Å². The third-order valence-corrected chi connectivity index (χ3v) is 5.40. The normalized spacial score (nSPS) is 17.6. The van der Waals surface area contributed by atoms with Crippen LogP contribution >= 0.6 is 12.2 Å². The van der Waals surface area contributed by atoms with Crippen LogP contribution < -0.4 is 5.73 Å². The number of sulfonamides is 1. The van der Waals surface area contributed by atoms with Crippen molar-refractivity contribution in [3.63, 3.8) is 0 Å². The average Bonchev–Trinajstić information content (AvgIpc) is 2.67. The van der Waals surface area contributed by atoms with Gasteiger partial charge in [-0.2, -0.15) is 4.31 Å². The van der Waals surface area contributed by atoms with Gasteiger partial charge in [-0.05, 0) is 31.0 Å². The largest absolute Gasteiger partial charge is 0.389 e. The molecule has 5 nitrogen and oxygen atoms in total. The molecule has 0 saturated carbocycles. The quantitative estimate of drug-likeness (QED) is 0.844. The van der Waals surface area contributed by atoms with Crippen molar-refractivity contribution in [3.8, 4) is 0 Å². The lowest BCUT2D eigenvalue weighted by Gasteiger charge is -2.20. The Morgan fingerprint density at radius 1 is 1.35 bits per heavy atom. The molecular formula is C13H18N2O3S2. The molecule has 20 heavy (non-hydrogen) atoms. The minimum atomic E-state index is -3.48. The van der Waals surface area contributed by atoms with E-state index in [-0.39, 0.29) is 9.88 Å². The number of benzene rings is 1. The van der Waals surface area contributed by atoms with E-state index < -0.39 is 10.0 Å². The van der Waals surface area contributed by atoms with Crippen LogP contribution in [0.15, 0.2) is 23.1 Å². The molecule has 1 aliphatic rings. The van der Waals surface area contributed by atoms with E-state index in [1.165, 1.54) is 4.31 Å². The van der Waals surface area contributed by atoms with E-state index >= 15 is 0 Å². The number of nitrogens with two attached hydrogens (primary N) is 1. The number of nitrogens with zero attached hydrogens (tertiary/aromatic N) is 1. The van der Waals surface area contributed by atoms with Crippen molar-refractivity contribution in [2.24, 2.45) is 5.73 Å². The van der Waals surface area contributed by atoms with Crippen LogP contribution in [0, 0.1) is 6.92 Å². The highest BCUT2D eigenvalue weighted by Gasteiger charge is 2.25. The highest BCUT2D eigenvalue weighted by atomic mass is 32.2. The molecule has 0 aromatic heterocycles. The highest BCUT2D eigenvalue weighted by molar-refractivity contribution is 7.89. The fraction of sp³-hybridized carbons (Fsp3) is 0.462. The summed E-state index contributed by atoms with van der Waals surface area (Å²) >= 11 is 4.93. The zero-order valence-corrected chi connectivity index (χ0v) is 13.0. The predicted octanol–water partition coefficient (Wildman–Crippen LogP) is 1.04. The zero-order chi connectivity index (χ0) is 14.8. The molecule has 0 atom stereocenters. The molecular weight excluding hydrogens is 296 g/mol. The molecule has 0 bridgehead atoms. The smallest absolute Gasteiger partial charge is 0.243 e. The number of hydrogen-bond acceptors (Lipinski definition) is 4. The molecule has 0 spiro atoms. The topological polar surface area (TPSA) is 72.6 Å². The van der Waals surface area contributed by atoms with Crippen LogP contribution in [0.25, 0.3) is 0 Å². The summed E-state index contributed by atoms with van der Waals surface area (Å²) in [5.74, 6) is 0. The molecule has 1 aromatic rings. The van der Waals surface area contributed by atoms with Gasteiger partial charge in [-0.25, -0.2) is 8.42 Å². The van der Waals surface area contributed by atoms with Gasteiger partial charge in [0.2, 0.25) is 10.0 Å². The molecule has 0 amide bonds. The van der Waals surface area contributed by atoms with Crippen LogP contribution in [0.4, 0.5) is 0 Å². The van der Waals surface area contributed by atoms with Gasteiger partial charge in [0.1, 0.15) is 4.99 Å². The van der Waals surface area contributed by atoms with E-state index in [0.717, 1.165) is 5.56 Å². The lowest BCUT2D eigenvalue weighted by atomic mass is 10.1. The van der Waals surface area contributed by atoms with Gasteiger partial charge >= 0.3 is 0 Å². The molecule has 1 fully saturated rings. The third-order valence-electron chi connectivity index (χ3n) is 3.28. The van der Waals surface area contributed by atoms with Gasteiger partial charge in [0.05, 0.1) is 11.5 Å². The van der Waals surface area contributed by atoms with Gasteiger partial charge in [0, 0.05) is 25.3 Å². The molecule has 1 aromatic carbocycles. The summed E-state index contributed by atoms with van der Waals surface area (Å²) in [7, 11) is -3.48. The summed E-state index contributed by atoms with van der Waals surface area (Å²) in [4.78, 5) is 0.548. The molecule has 7 heteroatoms. The Labute approximate surface area is 124 Å². The highest BCUT2D eigenvalue weighted by Crippen LogP contribution is 2.20. The van der Waals surface area contributed by atoms with Crippen molar-refractivity contribution in [2.75, 3.05) is 26.3 Å². The van der Waals surface area contributed by atoms with Crippen LogP contribution in [0.3, 0.4) is 0 Å². The van der Waals surface area contributed by atoms with Crippen LogP contribution in [0.5, 0.6) is 0 Å². The molecule has 1 heterocycles. The van der Waals surface area contributed by atoms with Gasteiger partial charge in [-0.3, -0.25) is 0 Å². The van der Waals surface area contributed by atoms with Crippen LogP contribution in [0.1, 0.15) is 17.5 Å². The SMILES string of the molecule is Cc1cc(S(=O)(=O)N2CCCOCC2)ccc1C(N)=S. The van der Waals surface area contributed by atoms with Gasteiger partial charge in [-0.1, -0.05) is 18.3 Å². The van der Waals surface area contributed by atoms with Crippen molar-refractivity contribution in [1.82, 2.24) is 4.31 Å². The molecule has 1 saturated heterocycles. The standard InChI is InChI=1S/C13H18N2O3S2/c1-10-9-11(3-4-12(10)13(14)19)20(16,17)15-5-2-7-18-8-6-15/h3-4,9H,2,5-8H2,1H3,(H2,14,19). The molecule has 0 aliphatic carbocycles. The Hall–Kier alpha value is -1.02. The summed E-state index contributed by atoms with van der Waals surface area (Å²) in [6.45, 7) is 3.71. The number of ether oxygens (including phenoxy) is 1. The van der Waals surface area contributed by atoms with E-state index in [4.69, 9.17) is 22.7 Å². The minimum absolute atomic E-state index is 0.273. The fourth-order valence-electron chi connectivity index (χ4n) is 2.19. The lowest BCUT2D eigenvalue weighted by molar-refractivity contribution is 0.148. The van der Waals surface area contributed by atoms with E-state index in [9.17, 15) is 8.42 Å². The second-order valence-electron chi connectivity index (χ2n) is 4.71. The zero-order valence-electron chi connectivity index (χ0n) is 11.3. The summed E-state index contributed by atoms with van der Waals surface area (Å²) in [6, 6.07) is 4.84. The first-order valence-electron chi connectivity index (χ1n) is 6.41. The monoisotopic (exact) mass is 314 g/mol. The van der Waals surface area contributed by atoms with Crippen molar-refractivity contribution in [3.05, 3.63) is 29.3 Å². The Morgan fingerprint density at radius 2 is 2.10 bits per heavy atom. The van der Waals surface area contributed by atoms with Gasteiger partial charge in [-0.15, -0.1) is 0 Å². The van der Waals surface area contributed by atoms with Crippen molar-refractivity contribution >= 4 is 27.2 Å². The van der Waals surface area contributed by atoms with E-state index in [1.54, 1.807) is 25.1 Å². The van der Waals surface area contributed by atoms with Crippen molar-refractivity contribution in [1.29, 1.82) is 0 Å². The van der Waals surface area contributed by atoms with Crippen LogP contribution in [0.2, 0.25) is 0 Å². The van der Waals surface area contributed by atoms with Gasteiger partial charge in [0.15, 0.2) is 0 Å². The molecule has 2 rings (SSSR count). The number of hydrogen-bond donors (Lipinski definition) is 1. The molecule has 0 unspecified atom stereocenters. The second kappa shape index (κ2) is 6.17. The Bertz CT molecular complexity index is 606. The number of thiocarbonyl (C=S) groups is 1. The Morgan fingerprint density at radius 3 is 2.75 bits per heavy atom. The van der Waals surface area contributed by atoms with Gasteiger partial charge in [0.25, 0.3) is 0 Å². The molecule has 110 valence electrons. The summed E-state index contributed by atoms with van der Waals surface area (Å²) in [6.07, 6.45) is 0.711. The van der Waals surface area contributed by atoms with Crippen LogP contribution in [-0.2, 0) is 14.8 Å². The maximum absolute atomic E-state index is 12.6. The van der Waals surface area contributed by atoms with E-state index in [1.807, 2.05) is 0 Å². The van der Waals surface area contributed by atoms with E-state index in [0.29, 0.717) is 38.3 Å². The Balaban J connectivity index is 2.34. The van der Waals surface area contributed by atoms with Gasteiger partial charge < -0.3 is 10.5 Å². The van der Waals surface area contributed by atoms with Crippen molar-refractivity contribution in [2.45, 2.75) is 18.2 Å². The average molecular weight is 314 g/mol. The predicted molar refractivity (Wildman–Crippen MR) is 81.3 cm³/mol. The number of aryl methyl sites for hydroxylation is 1. The third kappa shape index (κ3) is 3.17. The fourth-order valence-corrected chi connectivity index (χ4v) is 3.96. The summed E-state index contributed by atoms with van der Waals surface area (Å²) in [5, 5.41) is 0. The number of rotatable bonds is 3. The Kier molecular flexibility index (Phi) is 4.74. The maximum atomic E-state index is 12.6. The maximum Gasteiger partial charge on any atom is 0.243 e. The summed E-state index contributed by atoms with van der Waals surface area (Å²) < 4.78 is 31.9. The lowest BCUT2D eigenvalue weighted by Crippen LogP contribution is -2.33. The first-order valence-corrected chi connectivity index (χ1v) is 8.26. The molecule has 1 aliphatic heterocycles. The summed E-state index contributed by atoms with van der Waals surface area (Å²) in [5.41, 5.74) is 7.07. The van der Waals surface area contributed by atoms with Crippen molar-refractivity contribution < 1.29 is 13.2 Å².